The molecule has 0 spiro atoms. The van der Waals surface area contributed by atoms with Crippen LogP contribution in [0.25, 0.3) is 32.9 Å². The molecule has 3 heterocycles. The molecule has 4 aromatic rings. The van der Waals surface area contributed by atoms with Crippen molar-refractivity contribution in [2.24, 2.45) is 5.92 Å². The summed E-state index contributed by atoms with van der Waals surface area (Å²) in [5.74, 6) is 2.03. The number of benzene rings is 3. The van der Waals surface area contributed by atoms with Gasteiger partial charge in [-0.1, -0.05) is 37.6 Å². The lowest BCUT2D eigenvalue weighted by Gasteiger charge is -2.28. The van der Waals surface area contributed by atoms with Crippen LogP contribution in [-0.4, -0.2) is 26.8 Å². The van der Waals surface area contributed by atoms with Crippen LogP contribution in [0, 0.1) is 12.3 Å². The second-order valence-corrected chi connectivity index (χ2v) is 10.3. The van der Waals surface area contributed by atoms with Gasteiger partial charge in [0.2, 0.25) is 5.91 Å². The molecule has 2 atom stereocenters. The van der Waals surface area contributed by atoms with E-state index < -0.39 is 0 Å². The summed E-state index contributed by atoms with van der Waals surface area (Å²) >= 11 is 6.19. The van der Waals surface area contributed by atoms with E-state index in [9.17, 15) is 4.79 Å². The van der Waals surface area contributed by atoms with Gasteiger partial charge in [-0.05, 0) is 72.5 Å². The van der Waals surface area contributed by atoms with Gasteiger partial charge < -0.3 is 14.6 Å². The Labute approximate surface area is 204 Å². The molecule has 6 rings (SSSR count). The first-order valence-electron chi connectivity index (χ1n) is 11.9. The number of aromatic nitrogens is 2. The van der Waals surface area contributed by atoms with Crippen LogP contribution in [0.1, 0.15) is 51.0 Å². The number of ether oxygens (including phenoxy) is 1. The molecule has 2 aliphatic heterocycles. The molecule has 173 valence electrons. The average molecular weight is 473 g/mol. The zero-order valence-corrected chi connectivity index (χ0v) is 20.3. The summed E-state index contributed by atoms with van der Waals surface area (Å²) in [6, 6.07) is 14.6. The molecule has 1 amide bonds. The number of aromatic amines is 1. The number of hydrogen-bond donors (Lipinski definition) is 1. The monoisotopic (exact) mass is 472 g/mol. The predicted octanol–water partition coefficient (Wildman–Crippen LogP) is 6.84. The van der Waals surface area contributed by atoms with Crippen LogP contribution < -0.4 is 4.74 Å². The first-order valence-corrected chi connectivity index (χ1v) is 12.3. The van der Waals surface area contributed by atoms with E-state index in [0.29, 0.717) is 6.61 Å². The number of fused-ring (bicyclic) bond motifs is 6. The van der Waals surface area contributed by atoms with Crippen molar-refractivity contribution in [1.29, 1.82) is 0 Å². The molecule has 1 aromatic heterocycles. The highest BCUT2D eigenvalue weighted by molar-refractivity contribution is 6.30. The van der Waals surface area contributed by atoms with E-state index in [2.05, 4.69) is 42.2 Å². The van der Waals surface area contributed by atoms with Gasteiger partial charge in [-0.3, -0.25) is 4.79 Å². The highest BCUT2D eigenvalue weighted by Gasteiger charge is 2.37. The van der Waals surface area contributed by atoms with E-state index in [-0.39, 0.29) is 23.9 Å². The Hall–Kier alpha value is -3.05. The Morgan fingerprint density at radius 3 is 2.85 bits per heavy atom. The van der Waals surface area contributed by atoms with Gasteiger partial charge in [-0.25, -0.2) is 4.98 Å². The average Bonchev–Trinajstić information content (AvgIpc) is 3.40. The third-order valence-corrected chi connectivity index (χ3v) is 7.28. The maximum absolute atomic E-state index is 13.0. The van der Waals surface area contributed by atoms with Crippen molar-refractivity contribution in [1.82, 2.24) is 14.9 Å². The summed E-state index contributed by atoms with van der Waals surface area (Å²) in [6.07, 6.45) is 3.70. The highest BCUT2D eigenvalue weighted by atomic mass is 35.5. The standard InChI is InChI=1S/C28H27ClN3O2/c1-15(2)10-26(33)32-16(3)4-9-24(32)28-30-23-8-5-17-12-22-20-7-6-19(29)11-18(20)14-34-25(22)13-21(17)27(23)31-28/h5-8,10-13,15-16,24H,4,9,14H2,1-3H3,(H,30,31)/t16-,24-/m0/s1. The number of nitrogens with zero attached hydrogens (tertiary/aromatic N) is 2. The number of hydrogen-bond acceptors (Lipinski definition) is 3. The van der Waals surface area contributed by atoms with Crippen LogP contribution in [0.2, 0.25) is 5.02 Å². The summed E-state index contributed by atoms with van der Waals surface area (Å²) in [5, 5.41) is 2.91. The van der Waals surface area contributed by atoms with Gasteiger partial charge in [0.15, 0.2) is 0 Å². The van der Waals surface area contributed by atoms with E-state index in [0.717, 1.165) is 67.9 Å². The molecule has 6 heteroatoms. The number of amides is 1. The summed E-state index contributed by atoms with van der Waals surface area (Å²) in [6.45, 7) is 6.70. The zero-order chi connectivity index (χ0) is 23.6. The smallest absolute Gasteiger partial charge is 0.227 e. The minimum absolute atomic E-state index is 0.0366. The molecule has 34 heavy (non-hydrogen) atoms. The third-order valence-electron chi connectivity index (χ3n) is 7.05. The maximum Gasteiger partial charge on any atom is 0.227 e. The zero-order valence-electron chi connectivity index (χ0n) is 19.6. The molecule has 1 fully saturated rings. The van der Waals surface area contributed by atoms with Crippen molar-refractivity contribution in [3.8, 4) is 16.9 Å². The Morgan fingerprint density at radius 2 is 2.03 bits per heavy atom. The topological polar surface area (TPSA) is 58.2 Å². The van der Waals surface area contributed by atoms with Crippen LogP contribution in [-0.2, 0) is 11.4 Å². The molecule has 0 saturated carbocycles. The molecule has 0 unspecified atom stereocenters. The predicted molar refractivity (Wildman–Crippen MR) is 136 cm³/mol. The fourth-order valence-electron chi connectivity index (χ4n) is 5.43. The van der Waals surface area contributed by atoms with Crippen LogP contribution in [0.5, 0.6) is 5.75 Å². The van der Waals surface area contributed by atoms with Gasteiger partial charge in [-0.2, -0.15) is 0 Å². The molecule has 1 N–H and O–H groups in total. The first-order chi connectivity index (χ1) is 16.4. The van der Waals surface area contributed by atoms with Gasteiger partial charge in [0.1, 0.15) is 18.2 Å². The van der Waals surface area contributed by atoms with Crippen molar-refractivity contribution < 1.29 is 9.53 Å². The lowest BCUT2D eigenvalue weighted by molar-refractivity contribution is -0.130. The number of carbonyl (C=O) groups excluding carboxylic acids is 1. The number of rotatable bonds is 3. The Balaban J connectivity index is 1.43. The Bertz CT molecular complexity index is 1440. The molecule has 5 nitrogen and oxygen atoms in total. The first kappa shape index (κ1) is 21.5. The van der Waals surface area contributed by atoms with E-state index in [4.69, 9.17) is 21.3 Å². The van der Waals surface area contributed by atoms with Crippen molar-refractivity contribution in [2.75, 3.05) is 0 Å². The second kappa shape index (κ2) is 8.02. The summed E-state index contributed by atoms with van der Waals surface area (Å²) in [5.41, 5.74) is 5.23. The number of carbonyl (C=O) groups is 1. The molecule has 3 aromatic carbocycles. The SMILES string of the molecule is CC(C)[CH]C(=O)N1[C@@H](C)CC[C@H]1c1nc2ccc3cc4c(cc3c2[nH]1)OCc1cc(Cl)ccc1-4. The summed E-state index contributed by atoms with van der Waals surface area (Å²) in [7, 11) is 0. The van der Waals surface area contributed by atoms with Crippen LogP contribution in [0.15, 0.2) is 42.5 Å². The van der Waals surface area contributed by atoms with Gasteiger partial charge in [-0.15, -0.1) is 0 Å². The van der Waals surface area contributed by atoms with Crippen molar-refractivity contribution >= 4 is 39.3 Å². The molecule has 0 aliphatic carbocycles. The molecule has 1 radical (unpaired) electrons. The maximum atomic E-state index is 13.0. The fourth-order valence-corrected chi connectivity index (χ4v) is 5.63. The number of H-pyrrole nitrogens is 1. The largest absolute Gasteiger partial charge is 0.488 e. The van der Waals surface area contributed by atoms with E-state index in [1.165, 1.54) is 0 Å². The fraction of sp³-hybridized carbons (Fsp3) is 0.321. The number of nitrogens with one attached hydrogen (secondary N) is 1. The van der Waals surface area contributed by atoms with E-state index in [1.54, 1.807) is 0 Å². The minimum Gasteiger partial charge on any atom is -0.488 e. The van der Waals surface area contributed by atoms with Crippen LogP contribution in [0.4, 0.5) is 0 Å². The number of imidazole rings is 1. The number of likely N-dealkylation sites (tertiary alicyclic amines) is 1. The van der Waals surface area contributed by atoms with Crippen LogP contribution >= 0.6 is 11.6 Å². The summed E-state index contributed by atoms with van der Waals surface area (Å²) in [4.78, 5) is 23.5. The van der Waals surface area contributed by atoms with Gasteiger partial charge >= 0.3 is 0 Å². The highest BCUT2D eigenvalue weighted by Crippen LogP contribution is 2.43. The van der Waals surface area contributed by atoms with E-state index >= 15 is 0 Å². The normalized spacial score (nSPS) is 19.5. The van der Waals surface area contributed by atoms with Gasteiger partial charge in [0.05, 0.1) is 23.5 Å². The van der Waals surface area contributed by atoms with E-state index in [1.807, 2.05) is 37.3 Å². The Kier molecular flexibility index (Phi) is 5.07. The quantitative estimate of drug-likeness (QED) is 0.355. The minimum atomic E-state index is -0.0366. The van der Waals surface area contributed by atoms with Crippen molar-refractivity contribution in [3.05, 3.63) is 65.3 Å². The van der Waals surface area contributed by atoms with Crippen molar-refractivity contribution in [2.45, 2.75) is 52.3 Å². The van der Waals surface area contributed by atoms with Gasteiger partial charge in [0.25, 0.3) is 0 Å². The van der Waals surface area contributed by atoms with Crippen LogP contribution in [0.3, 0.4) is 0 Å². The number of halogens is 1. The second-order valence-electron chi connectivity index (χ2n) is 9.84. The molecule has 1 saturated heterocycles. The van der Waals surface area contributed by atoms with Crippen molar-refractivity contribution in [3.63, 3.8) is 0 Å². The summed E-state index contributed by atoms with van der Waals surface area (Å²) < 4.78 is 6.12. The lowest BCUT2D eigenvalue weighted by Crippen LogP contribution is -2.37. The molecular weight excluding hydrogens is 446 g/mol. The Morgan fingerprint density at radius 1 is 1.18 bits per heavy atom. The third kappa shape index (κ3) is 3.45. The molecule has 2 aliphatic rings. The molecule has 0 bridgehead atoms. The lowest BCUT2D eigenvalue weighted by atomic mass is 9.94. The van der Waals surface area contributed by atoms with Gasteiger partial charge in [0, 0.05) is 22.0 Å². The molecular formula is C28H27ClN3O2.